The average molecular weight is 313 g/mol. The van der Waals surface area contributed by atoms with Crippen molar-refractivity contribution in [1.29, 1.82) is 0 Å². The number of nitrogens with zero attached hydrogens (tertiary/aromatic N) is 2. The third-order valence-electron chi connectivity index (χ3n) is 3.91. The van der Waals surface area contributed by atoms with Crippen LogP contribution < -0.4 is 5.32 Å². The minimum atomic E-state index is -3.48. The molecule has 0 aromatic carbocycles. The number of hydrogen-bond acceptors (Lipinski definition) is 3. The molecule has 2 heterocycles. The largest absolute Gasteiger partial charge is 0.348 e. The van der Waals surface area contributed by atoms with Gasteiger partial charge >= 0.3 is 0 Å². The van der Waals surface area contributed by atoms with Crippen molar-refractivity contribution in [3.05, 3.63) is 18.0 Å². The van der Waals surface area contributed by atoms with E-state index in [-0.39, 0.29) is 16.8 Å². The summed E-state index contributed by atoms with van der Waals surface area (Å²) in [4.78, 5) is 12.4. The van der Waals surface area contributed by atoms with Crippen molar-refractivity contribution in [3.63, 3.8) is 0 Å². The van der Waals surface area contributed by atoms with Gasteiger partial charge < -0.3 is 9.88 Å². The first-order chi connectivity index (χ1) is 9.86. The van der Waals surface area contributed by atoms with Crippen molar-refractivity contribution < 1.29 is 13.2 Å². The zero-order valence-electron chi connectivity index (χ0n) is 12.8. The molecule has 0 bridgehead atoms. The van der Waals surface area contributed by atoms with E-state index < -0.39 is 10.0 Å². The monoisotopic (exact) mass is 313 g/mol. The van der Waals surface area contributed by atoms with E-state index in [1.165, 1.54) is 16.6 Å². The normalized spacial score (nSPS) is 17.9. The van der Waals surface area contributed by atoms with Crippen molar-refractivity contribution in [1.82, 2.24) is 14.2 Å². The first-order valence-corrected chi connectivity index (χ1v) is 8.77. The van der Waals surface area contributed by atoms with Crippen LogP contribution >= 0.6 is 0 Å². The minimum absolute atomic E-state index is 0.0611. The molecule has 0 saturated carbocycles. The SMILES string of the molecule is CCC(C)NC(=O)c1cc(S(=O)(=O)N2CCCC2)cn1C. The van der Waals surface area contributed by atoms with Crippen LogP contribution in [-0.4, -0.2) is 42.3 Å². The molecule has 0 spiro atoms. The molecule has 1 unspecified atom stereocenters. The molecule has 1 aliphatic heterocycles. The number of sulfonamides is 1. The number of amides is 1. The molecule has 21 heavy (non-hydrogen) atoms. The molecule has 0 radical (unpaired) electrons. The third-order valence-corrected chi connectivity index (χ3v) is 5.77. The van der Waals surface area contributed by atoms with Crippen LogP contribution in [-0.2, 0) is 17.1 Å². The predicted octanol–water partition coefficient (Wildman–Crippen LogP) is 1.34. The number of hydrogen-bond donors (Lipinski definition) is 1. The number of aromatic nitrogens is 1. The van der Waals surface area contributed by atoms with Crippen molar-refractivity contribution >= 4 is 15.9 Å². The van der Waals surface area contributed by atoms with Gasteiger partial charge in [-0.2, -0.15) is 4.31 Å². The molecule has 0 aliphatic carbocycles. The van der Waals surface area contributed by atoms with Gasteiger partial charge in [0.25, 0.3) is 5.91 Å². The van der Waals surface area contributed by atoms with Gasteiger partial charge in [-0.1, -0.05) is 6.92 Å². The molecule has 1 atom stereocenters. The van der Waals surface area contributed by atoms with Crippen molar-refractivity contribution in [2.75, 3.05) is 13.1 Å². The summed E-state index contributed by atoms with van der Waals surface area (Å²) in [6, 6.07) is 1.52. The fraction of sp³-hybridized carbons (Fsp3) is 0.643. The average Bonchev–Trinajstić information content (AvgIpc) is 3.07. The van der Waals surface area contributed by atoms with Crippen LogP contribution in [0.5, 0.6) is 0 Å². The van der Waals surface area contributed by atoms with E-state index in [1.54, 1.807) is 11.6 Å². The van der Waals surface area contributed by atoms with Crippen molar-refractivity contribution in [2.24, 2.45) is 7.05 Å². The predicted molar refractivity (Wildman–Crippen MR) is 80.6 cm³/mol. The third kappa shape index (κ3) is 3.29. The Morgan fingerprint density at radius 3 is 2.57 bits per heavy atom. The van der Waals surface area contributed by atoms with Crippen LogP contribution in [0.1, 0.15) is 43.6 Å². The lowest BCUT2D eigenvalue weighted by Crippen LogP contribution is -2.33. The molecule has 1 aliphatic rings. The van der Waals surface area contributed by atoms with Gasteiger partial charge in [0.2, 0.25) is 10.0 Å². The van der Waals surface area contributed by atoms with E-state index in [0.717, 1.165) is 19.3 Å². The molecule has 1 aromatic heterocycles. The molecule has 1 aromatic rings. The summed E-state index contributed by atoms with van der Waals surface area (Å²) in [6.45, 7) is 5.03. The van der Waals surface area contributed by atoms with Crippen LogP contribution in [0.3, 0.4) is 0 Å². The minimum Gasteiger partial charge on any atom is -0.348 e. The maximum Gasteiger partial charge on any atom is 0.268 e. The first-order valence-electron chi connectivity index (χ1n) is 7.33. The second kappa shape index (κ2) is 6.19. The van der Waals surface area contributed by atoms with Gasteiger partial charge in [0, 0.05) is 32.4 Å². The molecule has 6 nitrogen and oxygen atoms in total. The van der Waals surface area contributed by atoms with Gasteiger partial charge in [-0.15, -0.1) is 0 Å². The molecular weight excluding hydrogens is 290 g/mol. The molecule has 1 amide bonds. The fourth-order valence-electron chi connectivity index (χ4n) is 2.38. The number of nitrogens with one attached hydrogen (secondary N) is 1. The van der Waals surface area contributed by atoms with Gasteiger partial charge in [0.05, 0.1) is 0 Å². The second-order valence-electron chi connectivity index (χ2n) is 5.57. The molecule has 118 valence electrons. The van der Waals surface area contributed by atoms with Crippen LogP contribution in [0.15, 0.2) is 17.2 Å². The summed E-state index contributed by atoms with van der Waals surface area (Å²) in [7, 11) is -1.79. The Bertz CT molecular complexity index is 615. The molecule has 7 heteroatoms. The summed E-state index contributed by atoms with van der Waals surface area (Å²) in [5, 5.41) is 2.85. The standard InChI is InChI=1S/C14H23N3O3S/c1-4-11(2)15-14(18)13-9-12(10-16(13)3)21(19,20)17-7-5-6-8-17/h9-11H,4-8H2,1-3H3,(H,15,18). The van der Waals surface area contributed by atoms with Gasteiger partial charge in [-0.3, -0.25) is 4.79 Å². The van der Waals surface area contributed by atoms with E-state index in [0.29, 0.717) is 18.8 Å². The Morgan fingerprint density at radius 1 is 1.38 bits per heavy atom. The summed E-state index contributed by atoms with van der Waals surface area (Å²) in [5.41, 5.74) is 0.369. The van der Waals surface area contributed by atoms with Crippen LogP contribution in [0.2, 0.25) is 0 Å². The lowest BCUT2D eigenvalue weighted by atomic mass is 10.2. The smallest absolute Gasteiger partial charge is 0.268 e. The zero-order valence-corrected chi connectivity index (χ0v) is 13.6. The topological polar surface area (TPSA) is 71.4 Å². The highest BCUT2D eigenvalue weighted by molar-refractivity contribution is 7.89. The zero-order chi connectivity index (χ0) is 15.6. The van der Waals surface area contributed by atoms with Gasteiger partial charge in [0.1, 0.15) is 10.6 Å². The Morgan fingerprint density at radius 2 is 2.00 bits per heavy atom. The van der Waals surface area contributed by atoms with E-state index in [9.17, 15) is 13.2 Å². The van der Waals surface area contributed by atoms with Crippen LogP contribution in [0.25, 0.3) is 0 Å². The lowest BCUT2D eigenvalue weighted by molar-refractivity contribution is 0.0931. The Labute approximate surface area is 126 Å². The van der Waals surface area contributed by atoms with E-state index in [4.69, 9.17) is 0 Å². The summed E-state index contributed by atoms with van der Waals surface area (Å²) >= 11 is 0. The van der Waals surface area contributed by atoms with Gasteiger partial charge in [0.15, 0.2) is 0 Å². The number of rotatable bonds is 5. The van der Waals surface area contributed by atoms with E-state index in [1.807, 2.05) is 13.8 Å². The maximum absolute atomic E-state index is 12.5. The van der Waals surface area contributed by atoms with Crippen LogP contribution in [0.4, 0.5) is 0 Å². The quantitative estimate of drug-likeness (QED) is 0.891. The summed E-state index contributed by atoms with van der Waals surface area (Å²) in [6.07, 6.45) is 4.13. The highest BCUT2D eigenvalue weighted by Gasteiger charge is 2.29. The molecule has 1 saturated heterocycles. The Hall–Kier alpha value is -1.34. The molecule has 1 N–H and O–H groups in total. The van der Waals surface area contributed by atoms with Crippen LogP contribution in [0, 0.1) is 0 Å². The first kappa shape index (κ1) is 16.0. The van der Waals surface area contributed by atoms with Gasteiger partial charge in [-0.25, -0.2) is 8.42 Å². The Kier molecular flexibility index (Phi) is 4.73. The van der Waals surface area contributed by atoms with E-state index in [2.05, 4.69) is 5.32 Å². The number of carbonyl (C=O) groups is 1. The molecule has 2 rings (SSSR count). The number of carbonyl (C=O) groups excluding carboxylic acids is 1. The van der Waals surface area contributed by atoms with Gasteiger partial charge in [-0.05, 0) is 32.3 Å². The molecule has 1 fully saturated rings. The lowest BCUT2D eigenvalue weighted by Gasteiger charge is -2.13. The fourth-order valence-corrected chi connectivity index (χ4v) is 3.97. The Balaban J connectivity index is 2.24. The highest BCUT2D eigenvalue weighted by atomic mass is 32.2. The molecular formula is C14H23N3O3S. The van der Waals surface area contributed by atoms with E-state index >= 15 is 0 Å². The second-order valence-corrected chi connectivity index (χ2v) is 7.50. The summed E-state index contributed by atoms with van der Waals surface area (Å²) < 4.78 is 28.0. The number of aryl methyl sites for hydroxylation is 1. The van der Waals surface area contributed by atoms with Crippen molar-refractivity contribution in [2.45, 2.75) is 44.0 Å². The highest BCUT2D eigenvalue weighted by Crippen LogP contribution is 2.22. The van der Waals surface area contributed by atoms with Crippen molar-refractivity contribution in [3.8, 4) is 0 Å². The summed E-state index contributed by atoms with van der Waals surface area (Å²) in [5.74, 6) is -0.241. The maximum atomic E-state index is 12.5.